The Kier molecular flexibility index (Phi) is 10.3. The van der Waals surface area contributed by atoms with Crippen molar-refractivity contribution in [2.75, 3.05) is 57.9 Å². The van der Waals surface area contributed by atoms with E-state index < -0.39 is 0 Å². The summed E-state index contributed by atoms with van der Waals surface area (Å²) in [5, 5.41) is 10.8. The maximum Gasteiger partial charge on any atom is 0.191 e. The van der Waals surface area contributed by atoms with E-state index in [2.05, 4.69) is 56.8 Å². The molecule has 0 bridgehead atoms. The van der Waals surface area contributed by atoms with Gasteiger partial charge in [-0.3, -0.25) is 9.89 Å². The molecule has 0 aliphatic carbocycles. The third-order valence-corrected chi connectivity index (χ3v) is 6.57. The Hall–Kier alpha value is -0.580. The SMILES string of the molecule is CN=C(NCC(C(C)C)N1CCOCC1)NC1CCN(c2cccs2)CC1.I. The quantitative estimate of drug-likeness (QED) is 0.343. The van der Waals surface area contributed by atoms with Crippen molar-refractivity contribution in [2.24, 2.45) is 10.9 Å². The van der Waals surface area contributed by atoms with E-state index >= 15 is 0 Å². The molecule has 0 saturated carbocycles. The molecule has 2 aliphatic heterocycles. The molecule has 2 aliphatic rings. The molecule has 1 aromatic rings. The van der Waals surface area contributed by atoms with Crippen molar-refractivity contribution < 1.29 is 4.74 Å². The zero-order valence-electron chi connectivity index (χ0n) is 17.4. The molecule has 0 spiro atoms. The highest BCUT2D eigenvalue weighted by molar-refractivity contribution is 14.0. The second-order valence-electron chi connectivity index (χ2n) is 7.77. The fraction of sp³-hybridized carbons (Fsp3) is 0.750. The van der Waals surface area contributed by atoms with Crippen molar-refractivity contribution in [3.05, 3.63) is 17.5 Å². The van der Waals surface area contributed by atoms with Crippen LogP contribution >= 0.6 is 35.3 Å². The lowest BCUT2D eigenvalue weighted by Gasteiger charge is -2.37. The summed E-state index contributed by atoms with van der Waals surface area (Å²) in [6.07, 6.45) is 2.30. The van der Waals surface area contributed by atoms with E-state index in [9.17, 15) is 0 Å². The zero-order chi connectivity index (χ0) is 19.1. The molecule has 6 nitrogen and oxygen atoms in total. The number of nitrogens with zero attached hydrogens (tertiary/aromatic N) is 3. The second-order valence-corrected chi connectivity index (χ2v) is 8.70. The summed E-state index contributed by atoms with van der Waals surface area (Å²) in [4.78, 5) is 9.51. The number of hydrogen-bond acceptors (Lipinski definition) is 5. The van der Waals surface area contributed by atoms with E-state index in [0.717, 1.165) is 64.7 Å². The number of morpholine rings is 1. The number of aliphatic imine (C=N–C) groups is 1. The molecule has 160 valence electrons. The van der Waals surface area contributed by atoms with Crippen molar-refractivity contribution in [3.63, 3.8) is 0 Å². The van der Waals surface area contributed by atoms with Gasteiger partial charge in [0.25, 0.3) is 0 Å². The molecule has 1 atom stereocenters. The van der Waals surface area contributed by atoms with Crippen LogP contribution in [0.5, 0.6) is 0 Å². The first-order chi connectivity index (χ1) is 13.2. The van der Waals surface area contributed by atoms with Crippen molar-refractivity contribution in [3.8, 4) is 0 Å². The zero-order valence-corrected chi connectivity index (χ0v) is 20.5. The average Bonchev–Trinajstić information content (AvgIpc) is 3.23. The fourth-order valence-corrected chi connectivity index (χ4v) is 4.76. The van der Waals surface area contributed by atoms with E-state index in [1.165, 1.54) is 5.00 Å². The van der Waals surface area contributed by atoms with Crippen LogP contribution in [0.4, 0.5) is 5.00 Å². The fourth-order valence-electron chi connectivity index (χ4n) is 3.98. The van der Waals surface area contributed by atoms with E-state index in [0.29, 0.717) is 18.0 Å². The average molecular weight is 522 g/mol. The van der Waals surface area contributed by atoms with Crippen molar-refractivity contribution in [1.82, 2.24) is 15.5 Å². The van der Waals surface area contributed by atoms with Gasteiger partial charge < -0.3 is 20.3 Å². The van der Waals surface area contributed by atoms with Crippen LogP contribution in [0.25, 0.3) is 0 Å². The van der Waals surface area contributed by atoms with Crippen LogP contribution in [-0.4, -0.2) is 75.9 Å². The summed E-state index contributed by atoms with van der Waals surface area (Å²) in [5.74, 6) is 1.53. The number of anilines is 1. The topological polar surface area (TPSA) is 52.1 Å². The first-order valence-electron chi connectivity index (χ1n) is 10.2. The highest BCUT2D eigenvalue weighted by Gasteiger charge is 2.25. The number of hydrogen-bond donors (Lipinski definition) is 2. The number of halogens is 1. The summed E-state index contributed by atoms with van der Waals surface area (Å²) in [5.41, 5.74) is 0. The molecule has 0 aromatic carbocycles. The molecule has 0 amide bonds. The lowest BCUT2D eigenvalue weighted by atomic mass is 10.0. The van der Waals surface area contributed by atoms with Crippen LogP contribution in [0, 0.1) is 5.92 Å². The summed E-state index contributed by atoms with van der Waals surface area (Å²) in [6.45, 7) is 11.5. The van der Waals surface area contributed by atoms with E-state index in [4.69, 9.17) is 4.74 Å². The number of thiophene rings is 1. The van der Waals surface area contributed by atoms with Gasteiger partial charge in [0.05, 0.1) is 18.2 Å². The van der Waals surface area contributed by atoms with Gasteiger partial charge in [-0.2, -0.15) is 0 Å². The van der Waals surface area contributed by atoms with Gasteiger partial charge in [-0.05, 0) is 36.3 Å². The molecule has 3 heterocycles. The van der Waals surface area contributed by atoms with E-state index in [1.807, 2.05) is 18.4 Å². The normalized spacial score (nSPS) is 20.7. The molecule has 8 heteroatoms. The van der Waals surface area contributed by atoms with Crippen molar-refractivity contribution >= 4 is 46.3 Å². The predicted molar refractivity (Wildman–Crippen MR) is 130 cm³/mol. The second kappa shape index (κ2) is 12.2. The summed E-state index contributed by atoms with van der Waals surface area (Å²) >= 11 is 1.83. The number of piperidine rings is 1. The Morgan fingerprint density at radius 2 is 1.96 bits per heavy atom. The number of nitrogens with one attached hydrogen (secondary N) is 2. The van der Waals surface area contributed by atoms with Gasteiger partial charge in [-0.1, -0.05) is 13.8 Å². The van der Waals surface area contributed by atoms with Gasteiger partial charge in [0.1, 0.15) is 0 Å². The molecule has 3 rings (SSSR count). The van der Waals surface area contributed by atoms with Crippen molar-refractivity contribution in [2.45, 2.75) is 38.8 Å². The lowest BCUT2D eigenvalue weighted by Crippen LogP contribution is -2.54. The summed E-state index contributed by atoms with van der Waals surface area (Å²) in [6, 6.07) is 5.35. The van der Waals surface area contributed by atoms with Gasteiger partial charge in [-0.25, -0.2) is 0 Å². The first kappa shape index (κ1) is 23.7. The minimum absolute atomic E-state index is 0. The Morgan fingerprint density at radius 3 is 2.54 bits per heavy atom. The number of ether oxygens (including phenoxy) is 1. The van der Waals surface area contributed by atoms with Crippen LogP contribution in [0.15, 0.2) is 22.5 Å². The van der Waals surface area contributed by atoms with Crippen LogP contribution in [0.1, 0.15) is 26.7 Å². The molecule has 2 saturated heterocycles. The molecule has 1 unspecified atom stereocenters. The maximum absolute atomic E-state index is 5.51. The number of rotatable bonds is 6. The number of guanidine groups is 1. The molecule has 1 aromatic heterocycles. The predicted octanol–water partition coefficient (Wildman–Crippen LogP) is 2.86. The molecular weight excluding hydrogens is 485 g/mol. The Morgan fingerprint density at radius 1 is 1.25 bits per heavy atom. The third-order valence-electron chi connectivity index (χ3n) is 5.64. The minimum Gasteiger partial charge on any atom is -0.379 e. The molecule has 28 heavy (non-hydrogen) atoms. The third kappa shape index (κ3) is 6.74. The van der Waals surface area contributed by atoms with Crippen LogP contribution in [0.2, 0.25) is 0 Å². The summed E-state index contributed by atoms with van der Waals surface area (Å²) in [7, 11) is 1.87. The van der Waals surface area contributed by atoms with Gasteiger partial charge in [0.2, 0.25) is 0 Å². The van der Waals surface area contributed by atoms with Gasteiger partial charge in [0, 0.05) is 51.9 Å². The maximum atomic E-state index is 5.51. The smallest absolute Gasteiger partial charge is 0.191 e. The highest BCUT2D eigenvalue weighted by atomic mass is 127. The highest BCUT2D eigenvalue weighted by Crippen LogP contribution is 2.24. The van der Waals surface area contributed by atoms with Crippen LogP contribution in [0.3, 0.4) is 0 Å². The molecule has 2 fully saturated rings. The largest absolute Gasteiger partial charge is 0.379 e. The van der Waals surface area contributed by atoms with Gasteiger partial charge in [-0.15, -0.1) is 35.3 Å². The minimum atomic E-state index is 0. The molecule has 2 N–H and O–H groups in total. The van der Waals surface area contributed by atoms with Gasteiger partial charge in [0.15, 0.2) is 5.96 Å². The van der Waals surface area contributed by atoms with E-state index in [1.54, 1.807) is 0 Å². The monoisotopic (exact) mass is 521 g/mol. The Labute approximate surface area is 191 Å². The molecule has 0 radical (unpaired) electrons. The van der Waals surface area contributed by atoms with Crippen LogP contribution in [-0.2, 0) is 4.74 Å². The van der Waals surface area contributed by atoms with Gasteiger partial charge >= 0.3 is 0 Å². The standard InChI is InChI=1S/C20H35N5OS.HI/c1-16(2)18(24-10-12-26-13-11-24)15-22-20(21-3)23-17-6-8-25(9-7-17)19-5-4-14-27-19;/h4-5,14,16-18H,6-13,15H2,1-3H3,(H2,21,22,23);1H. The first-order valence-corrected chi connectivity index (χ1v) is 11.1. The Bertz CT molecular complexity index is 569. The van der Waals surface area contributed by atoms with Crippen LogP contribution < -0.4 is 15.5 Å². The van der Waals surface area contributed by atoms with E-state index in [-0.39, 0.29) is 24.0 Å². The Balaban J connectivity index is 0.00000280. The molecular formula is C20H36IN5OS. The lowest BCUT2D eigenvalue weighted by molar-refractivity contribution is 0.00751. The van der Waals surface area contributed by atoms with Crippen molar-refractivity contribution in [1.29, 1.82) is 0 Å². The summed E-state index contributed by atoms with van der Waals surface area (Å²) < 4.78 is 5.51.